The highest BCUT2D eigenvalue weighted by Gasteiger charge is 2.11. The summed E-state index contributed by atoms with van der Waals surface area (Å²) >= 11 is 0. The third-order valence-corrected chi connectivity index (χ3v) is 2.70. The Morgan fingerprint density at radius 1 is 1.13 bits per heavy atom. The summed E-state index contributed by atoms with van der Waals surface area (Å²) in [6, 6.07) is 18.0. The van der Waals surface area contributed by atoms with Gasteiger partial charge >= 0.3 is 5.97 Å². The highest BCUT2D eigenvalue weighted by atomic mass is 16.5. The molecule has 0 bridgehead atoms. The maximum Gasteiger partial charge on any atom is 0.369 e. The number of esters is 1. The maximum absolute atomic E-state index is 11.4. The van der Waals surface area contributed by atoms with Crippen molar-refractivity contribution in [2.75, 3.05) is 12.0 Å². The lowest BCUT2D eigenvalue weighted by Crippen LogP contribution is -2.17. The molecule has 0 aliphatic rings. The Balaban J connectivity index is 2.00. The van der Waals surface area contributed by atoms with Crippen molar-refractivity contribution in [3.8, 4) is 17.6 Å². The van der Waals surface area contributed by atoms with Crippen LogP contribution in [0.4, 0.5) is 5.69 Å². The molecule has 0 aliphatic carbocycles. The molecule has 0 aromatic heterocycles. The van der Waals surface area contributed by atoms with Crippen LogP contribution in [0.1, 0.15) is 6.92 Å². The number of ether oxygens (including phenoxy) is 2. The summed E-state index contributed by atoms with van der Waals surface area (Å²) in [6.45, 7) is 1.84. The van der Waals surface area contributed by atoms with Crippen molar-refractivity contribution in [2.45, 2.75) is 6.92 Å². The van der Waals surface area contributed by atoms with Crippen LogP contribution >= 0.6 is 0 Å². The van der Waals surface area contributed by atoms with Gasteiger partial charge < -0.3 is 9.47 Å². The molecule has 0 spiro atoms. The fourth-order valence-electron chi connectivity index (χ4n) is 1.66. The van der Waals surface area contributed by atoms with Crippen LogP contribution in [0.15, 0.2) is 59.7 Å². The molecule has 23 heavy (non-hydrogen) atoms. The largest absolute Gasteiger partial charge is 0.461 e. The van der Waals surface area contributed by atoms with Gasteiger partial charge in [-0.15, -0.1) is 0 Å². The molecule has 0 unspecified atom stereocenters. The zero-order valence-electron chi connectivity index (χ0n) is 12.5. The summed E-state index contributed by atoms with van der Waals surface area (Å²) in [4.78, 5) is 11.4. The van der Waals surface area contributed by atoms with Crippen LogP contribution in [0, 0.1) is 11.3 Å². The van der Waals surface area contributed by atoms with Crippen molar-refractivity contribution in [3.05, 3.63) is 54.6 Å². The molecule has 0 radical (unpaired) electrons. The number of hydrogen-bond acceptors (Lipinski definition) is 6. The van der Waals surface area contributed by atoms with Gasteiger partial charge in [-0.25, -0.2) is 4.79 Å². The third-order valence-electron chi connectivity index (χ3n) is 2.70. The van der Waals surface area contributed by atoms with Crippen LogP contribution in [0.3, 0.4) is 0 Å². The molecule has 0 heterocycles. The first kappa shape index (κ1) is 16.0. The van der Waals surface area contributed by atoms with Gasteiger partial charge in [0.15, 0.2) is 0 Å². The number of nitrogens with one attached hydrogen (secondary N) is 1. The lowest BCUT2D eigenvalue weighted by molar-refractivity contribution is -0.134. The maximum atomic E-state index is 11.4. The second-order valence-electron chi connectivity index (χ2n) is 4.34. The summed E-state index contributed by atoms with van der Waals surface area (Å²) < 4.78 is 10.4. The van der Waals surface area contributed by atoms with Gasteiger partial charge in [0.25, 0.3) is 0 Å². The molecular formula is C17H15N3O3. The summed E-state index contributed by atoms with van der Waals surface area (Å²) in [7, 11) is 0. The van der Waals surface area contributed by atoms with Crippen LogP contribution in [0.5, 0.6) is 11.5 Å². The Hall–Kier alpha value is -3.33. The second kappa shape index (κ2) is 8.20. The molecule has 0 aliphatic heterocycles. The number of nitriles is 1. The van der Waals surface area contributed by atoms with Crippen molar-refractivity contribution in [2.24, 2.45) is 5.10 Å². The number of nitrogens with zero attached hydrogens (tertiary/aromatic N) is 2. The van der Waals surface area contributed by atoms with Gasteiger partial charge in [0.1, 0.15) is 17.6 Å². The minimum atomic E-state index is -0.758. The van der Waals surface area contributed by atoms with Crippen molar-refractivity contribution in [1.29, 1.82) is 5.26 Å². The fourth-order valence-corrected chi connectivity index (χ4v) is 1.66. The molecule has 6 heteroatoms. The fraction of sp³-hybridized carbons (Fsp3) is 0.118. The van der Waals surface area contributed by atoms with Crippen molar-refractivity contribution in [3.63, 3.8) is 0 Å². The number of carbonyl (C=O) groups excluding carboxylic acids is 1. The van der Waals surface area contributed by atoms with Gasteiger partial charge in [0, 0.05) is 0 Å². The molecule has 2 aromatic rings. The molecule has 116 valence electrons. The first-order valence-corrected chi connectivity index (χ1v) is 6.97. The van der Waals surface area contributed by atoms with Gasteiger partial charge in [0.2, 0.25) is 5.71 Å². The predicted molar refractivity (Wildman–Crippen MR) is 86.3 cm³/mol. The predicted octanol–water partition coefficient (Wildman–Crippen LogP) is 3.33. The number of hydrogen-bond donors (Lipinski definition) is 1. The van der Waals surface area contributed by atoms with E-state index < -0.39 is 5.97 Å². The molecule has 0 atom stereocenters. The number of carbonyl (C=O) groups is 1. The van der Waals surface area contributed by atoms with E-state index in [9.17, 15) is 4.79 Å². The van der Waals surface area contributed by atoms with E-state index in [-0.39, 0.29) is 12.3 Å². The third kappa shape index (κ3) is 4.86. The molecular weight excluding hydrogens is 294 g/mol. The van der Waals surface area contributed by atoms with Crippen molar-refractivity contribution >= 4 is 17.4 Å². The van der Waals surface area contributed by atoms with Crippen LogP contribution < -0.4 is 10.2 Å². The number of benzene rings is 2. The van der Waals surface area contributed by atoms with Crippen LogP contribution in [0.25, 0.3) is 0 Å². The van der Waals surface area contributed by atoms with E-state index in [2.05, 4.69) is 10.5 Å². The molecule has 0 fully saturated rings. The zero-order valence-corrected chi connectivity index (χ0v) is 12.5. The van der Waals surface area contributed by atoms with E-state index in [1.807, 2.05) is 30.3 Å². The number of anilines is 1. The second-order valence-corrected chi connectivity index (χ2v) is 4.34. The number of hydrazone groups is 1. The first-order chi connectivity index (χ1) is 11.2. The van der Waals surface area contributed by atoms with E-state index in [1.54, 1.807) is 37.3 Å². The van der Waals surface area contributed by atoms with Gasteiger partial charge in [-0.1, -0.05) is 18.2 Å². The zero-order chi connectivity index (χ0) is 16.5. The van der Waals surface area contributed by atoms with E-state index in [1.165, 1.54) is 0 Å². The summed E-state index contributed by atoms with van der Waals surface area (Å²) in [5.74, 6) is 0.642. The minimum Gasteiger partial charge on any atom is -0.461 e. The molecule has 6 nitrogen and oxygen atoms in total. The van der Waals surface area contributed by atoms with Gasteiger partial charge in [-0.05, 0) is 43.3 Å². The smallest absolute Gasteiger partial charge is 0.369 e. The van der Waals surface area contributed by atoms with Crippen LogP contribution in [0.2, 0.25) is 0 Å². The molecule has 0 amide bonds. The molecule has 2 rings (SSSR count). The Morgan fingerprint density at radius 2 is 1.78 bits per heavy atom. The molecule has 0 saturated carbocycles. The Morgan fingerprint density at radius 3 is 2.39 bits per heavy atom. The number of rotatable bonds is 6. The van der Waals surface area contributed by atoms with E-state index in [0.717, 1.165) is 5.75 Å². The average Bonchev–Trinajstić information content (AvgIpc) is 2.58. The van der Waals surface area contributed by atoms with Gasteiger partial charge in [0.05, 0.1) is 12.3 Å². The van der Waals surface area contributed by atoms with Gasteiger partial charge in [-0.2, -0.15) is 10.4 Å². The summed E-state index contributed by atoms with van der Waals surface area (Å²) in [6.07, 6.45) is 0. The van der Waals surface area contributed by atoms with Crippen LogP contribution in [-0.2, 0) is 9.53 Å². The summed E-state index contributed by atoms with van der Waals surface area (Å²) in [5.41, 5.74) is 2.91. The lowest BCUT2D eigenvalue weighted by Gasteiger charge is -2.06. The van der Waals surface area contributed by atoms with Crippen molar-refractivity contribution < 1.29 is 14.3 Å². The van der Waals surface area contributed by atoms with E-state index >= 15 is 0 Å². The molecule has 0 saturated heterocycles. The Labute approximate surface area is 134 Å². The van der Waals surface area contributed by atoms with Crippen LogP contribution in [-0.4, -0.2) is 18.3 Å². The normalized spacial score (nSPS) is 10.5. The Kier molecular flexibility index (Phi) is 5.72. The number of para-hydroxylation sites is 1. The quantitative estimate of drug-likeness (QED) is 0.502. The lowest BCUT2D eigenvalue weighted by atomic mass is 10.3. The molecule has 1 N–H and O–H groups in total. The topological polar surface area (TPSA) is 83.7 Å². The highest BCUT2D eigenvalue weighted by molar-refractivity contribution is 6.43. The Bertz CT molecular complexity index is 719. The highest BCUT2D eigenvalue weighted by Crippen LogP contribution is 2.22. The summed E-state index contributed by atoms with van der Waals surface area (Å²) in [5, 5.41) is 12.6. The SMILES string of the molecule is CCOC(=O)/C(C#N)=N\Nc1ccc(Oc2ccccc2)cc1. The van der Waals surface area contributed by atoms with E-state index in [4.69, 9.17) is 14.7 Å². The monoisotopic (exact) mass is 309 g/mol. The van der Waals surface area contributed by atoms with E-state index in [0.29, 0.717) is 11.4 Å². The minimum absolute atomic E-state index is 0.186. The standard InChI is InChI=1S/C17H15N3O3/c1-2-22-17(21)16(12-18)20-19-13-8-10-15(11-9-13)23-14-6-4-3-5-7-14/h3-11,19H,2H2,1H3/b20-16-. The first-order valence-electron chi connectivity index (χ1n) is 6.97. The molecule has 2 aromatic carbocycles. The average molecular weight is 309 g/mol. The van der Waals surface area contributed by atoms with Gasteiger partial charge in [-0.3, -0.25) is 5.43 Å². The van der Waals surface area contributed by atoms with Crippen molar-refractivity contribution in [1.82, 2.24) is 0 Å².